The van der Waals surface area contributed by atoms with Crippen molar-refractivity contribution >= 4 is 21.7 Å². The number of hydrogen-bond acceptors (Lipinski definition) is 5. The molecular formula is C25H28BrN3O3. The molecule has 0 saturated heterocycles. The predicted molar refractivity (Wildman–Crippen MR) is 129 cm³/mol. The van der Waals surface area contributed by atoms with Crippen LogP contribution in [-0.4, -0.2) is 33.3 Å². The number of carbonyl (C=O) groups excluding carboxylic acids is 1. The monoisotopic (exact) mass is 497 g/mol. The summed E-state index contributed by atoms with van der Waals surface area (Å²) in [6.07, 6.45) is 3.28. The van der Waals surface area contributed by atoms with Gasteiger partial charge in [-0.25, -0.2) is 0 Å². The van der Waals surface area contributed by atoms with Crippen molar-refractivity contribution in [2.45, 2.75) is 46.5 Å². The summed E-state index contributed by atoms with van der Waals surface area (Å²) in [4.78, 5) is 31.8. The molecule has 0 N–H and O–H groups in total. The van der Waals surface area contributed by atoms with Crippen LogP contribution >= 0.6 is 15.9 Å². The molecule has 0 amide bonds. The van der Waals surface area contributed by atoms with Crippen LogP contribution in [0.4, 0.5) is 0 Å². The number of Topliss-reactive ketones (excluding diaryl/α,β-unsaturated/α-hetero) is 1. The van der Waals surface area contributed by atoms with E-state index in [9.17, 15) is 9.59 Å². The van der Waals surface area contributed by atoms with Crippen LogP contribution in [0, 0.1) is 6.92 Å². The largest absolute Gasteiger partial charge is 0.487 e. The van der Waals surface area contributed by atoms with Gasteiger partial charge < -0.3 is 9.30 Å². The Kier molecular flexibility index (Phi) is 7.99. The van der Waals surface area contributed by atoms with E-state index in [1.165, 1.54) is 10.6 Å². The molecule has 0 radical (unpaired) electrons. The van der Waals surface area contributed by atoms with Crippen LogP contribution in [0.2, 0.25) is 0 Å². The molecule has 1 aromatic carbocycles. The second kappa shape index (κ2) is 10.7. The molecule has 0 unspecified atom stereocenters. The normalized spacial score (nSPS) is 11.2. The van der Waals surface area contributed by atoms with Crippen molar-refractivity contribution in [1.29, 1.82) is 0 Å². The van der Waals surface area contributed by atoms with Gasteiger partial charge in [-0.1, -0.05) is 18.2 Å². The third-order valence-corrected chi connectivity index (χ3v) is 5.83. The summed E-state index contributed by atoms with van der Waals surface area (Å²) in [5, 5.41) is 0. The van der Waals surface area contributed by atoms with Crippen LogP contribution < -0.4 is 10.3 Å². The van der Waals surface area contributed by atoms with E-state index in [0.717, 1.165) is 27.8 Å². The van der Waals surface area contributed by atoms with Gasteiger partial charge in [-0.3, -0.25) is 19.5 Å². The molecule has 168 valence electrons. The van der Waals surface area contributed by atoms with Crippen molar-refractivity contribution in [3.63, 3.8) is 0 Å². The van der Waals surface area contributed by atoms with Crippen LogP contribution in [0.3, 0.4) is 0 Å². The Balaban J connectivity index is 1.64. The minimum Gasteiger partial charge on any atom is -0.487 e. The third-order valence-electron chi connectivity index (χ3n) is 5.36. The zero-order chi connectivity index (χ0) is 23.3. The summed E-state index contributed by atoms with van der Waals surface area (Å²) < 4.78 is 7.94. The Bertz CT molecular complexity index is 1140. The highest BCUT2D eigenvalue weighted by atomic mass is 79.9. The molecule has 3 rings (SSSR count). The lowest BCUT2D eigenvalue weighted by Gasteiger charge is -2.21. The van der Waals surface area contributed by atoms with E-state index < -0.39 is 0 Å². The maximum atomic E-state index is 12.8. The van der Waals surface area contributed by atoms with Crippen molar-refractivity contribution in [2.24, 2.45) is 0 Å². The molecule has 0 aliphatic heterocycles. The summed E-state index contributed by atoms with van der Waals surface area (Å²) in [6.45, 7) is 7.30. The quantitative estimate of drug-likeness (QED) is 0.403. The fraction of sp³-hybridized carbons (Fsp3) is 0.320. The van der Waals surface area contributed by atoms with Crippen molar-refractivity contribution in [2.75, 3.05) is 7.05 Å². The predicted octanol–water partition coefficient (Wildman–Crippen LogP) is 4.62. The Morgan fingerprint density at radius 2 is 1.97 bits per heavy atom. The number of halogens is 1. The Labute approximate surface area is 197 Å². The third kappa shape index (κ3) is 6.37. The zero-order valence-corrected chi connectivity index (χ0v) is 20.4. The van der Waals surface area contributed by atoms with Crippen LogP contribution in [0.15, 0.2) is 64.1 Å². The van der Waals surface area contributed by atoms with Gasteiger partial charge in [0, 0.05) is 41.1 Å². The molecule has 3 aromatic rings. The van der Waals surface area contributed by atoms with Gasteiger partial charge in [0.15, 0.2) is 5.78 Å². The number of carbonyl (C=O) groups is 1. The minimum atomic E-state index is -0.285. The number of hydrogen-bond donors (Lipinski definition) is 0. The van der Waals surface area contributed by atoms with E-state index >= 15 is 0 Å². The van der Waals surface area contributed by atoms with Gasteiger partial charge in [-0.05, 0) is 73.1 Å². The number of ketones is 1. The zero-order valence-electron chi connectivity index (χ0n) is 18.8. The number of nitrogens with zero attached hydrogens (tertiary/aromatic N) is 3. The van der Waals surface area contributed by atoms with Crippen LogP contribution in [0.5, 0.6) is 5.75 Å². The van der Waals surface area contributed by atoms with Crippen molar-refractivity contribution < 1.29 is 9.53 Å². The van der Waals surface area contributed by atoms with E-state index in [1.807, 2.05) is 37.3 Å². The molecular weight excluding hydrogens is 470 g/mol. The molecule has 0 aliphatic carbocycles. The Morgan fingerprint density at radius 1 is 1.19 bits per heavy atom. The first-order valence-corrected chi connectivity index (χ1v) is 11.3. The van der Waals surface area contributed by atoms with Gasteiger partial charge >= 0.3 is 0 Å². The first-order valence-electron chi connectivity index (χ1n) is 10.5. The van der Waals surface area contributed by atoms with Crippen molar-refractivity contribution in [1.82, 2.24) is 14.5 Å². The molecule has 0 saturated carbocycles. The number of aryl methyl sites for hydroxylation is 1. The smallest absolute Gasteiger partial charge is 0.254 e. The molecule has 2 aromatic heterocycles. The summed E-state index contributed by atoms with van der Waals surface area (Å²) in [5.41, 5.74) is 3.18. The van der Waals surface area contributed by atoms with Gasteiger partial charge in [0.25, 0.3) is 5.56 Å². The average molecular weight is 498 g/mol. The number of aromatic nitrogens is 2. The number of rotatable bonds is 9. The summed E-state index contributed by atoms with van der Waals surface area (Å²) in [6, 6.07) is 13.1. The molecule has 7 heteroatoms. The molecule has 2 heterocycles. The highest BCUT2D eigenvalue weighted by Gasteiger charge is 2.13. The Morgan fingerprint density at radius 3 is 2.59 bits per heavy atom. The standard InChI is InChI=1S/C25H28BrN3O3/c1-17(2)28(4)14-19-5-8-23(18(3)11-19)24(30)15-29-10-9-22(12-25(29)31)32-16-21-7-6-20(26)13-27-21/h5-13,17H,14-16H2,1-4H3. The Hall–Kier alpha value is -2.77. The van der Waals surface area contributed by atoms with E-state index in [-0.39, 0.29) is 24.5 Å². The highest BCUT2D eigenvalue weighted by molar-refractivity contribution is 9.10. The van der Waals surface area contributed by atoms with Gasteiger partial charge in [0.1, 0.15) is 12.4 Å². The maximum Gasteiger partial charge on any atom is 0.254 e. The summed E-state index contributed by atoms with van der Waals surface area (Å²) in [5.74, 6) is 0.347. The van der Waals surface area contributed by atoms with E-state index in [0.29, 0.717) is 17.4 Å². The lowest BCUT2D eigenvalue weighted by Crippen LogP contribution is -2.26. The lowest BCUT2D eigenvalue weighted by atomic mass is 10.0. The second-order valence-corrected chi connectivity index (χ2v) is 9.08. The van der Waals surface area contributed by atoms with Crippen molar-refractivity contribution in [3.8, 4) is 5.75 Å². The van der Waals surface area contributed by atoms with Crippen molar-refractivity contribution in [3.05, 3.63) is 92.1 Å². The molecule has 0 atom stereocenters. The van der Waals surface area contributed by atoms with Gasteiger partial charge in [-0.2, -0.15) is 0 Å². The van der Waals surface area contributed by atoms with Crippen LogP contribution in [0.25, 0.3) is 0 Å². The topological polar surface area (TPSA) is 64.4 Å². The second-order valence-electron chi connectivity index (χ2n) is 8.17. The fourth-order valence-electron chi connectivity index (χ4n) is 3.21. The maximum absolute atomic E-state index is 12.8. The number of ether oxygens (including phenoxy) is 1. The average Bonchev–Trinajstić information content (AvgIpc) is 2.75. The molecule has 6 nitrogen and oxygen atoms in total. The first kappa shape index (κ1) is 23.9. The first-order chi connectivity index (χ1) is 15.2. The lowest BCUT2D eigenvalue weighted by molar-refractivity contribution is 0.0970. The number of pyridine rings is 2. The minimum absolute atomic E-state index is 0.0144. The van der Waals surface area contributed by atoms with Gasteiger partial charge in [0.2, 0.25) is 0 Å². The molecule has 0 aliphatic rings. The molecule has 0 bridgehead atoms. The molecule has 0 fully saturated rings. The highest BCUT2D eigenvalue weighted by Crippen LogP contribution is 2.16. The molecule has 32 heavy (non-hydrogen) atoms. The van der Waals surface area contributed by atoms with Crippen LogP contribution in [0.1, 0.15) is 41.0 Å². The van der Waals surface area contributed by atoms with E-state index in [2.05, 4.69) is 46.7 Å². The molecule has 0 spiro atoms. The van der Waals surface area contributed by atoms with Gasteiger partial charge in [0.05, 0.1) is 12.2 Å². The van der Waals surface area contributed by atoms with Crippen LogP contribution in [-0.2, 0) is 19.7 Å². The fourth-order valence-corrected chi connectivity index (χ4v) is 3.44. The number of benzene rings is 1. The SMILES string of the molecule is Cc1cc(CN(C)C(C)C)ccc1C(=O)Cn1ccc(OCc2ccc(Br)cn2)cc1=O. The van der Waals surface area contributed by atoms with E-state index in [1.54, 1.807) is 18.5 Å². The van der Waals surface area contributed by atoms with E-state index in [4.69, 9.17) is 4.74 Å². The summed E-state index contributed by atoms with van der Waals surface area (Å²) in [7, 11) is 2.08. The summed E-state index contributed by atoms with van der Waals surface area (Å²) >= 11 is 3.34. The van der Waals surface area contributed by atoms with Gasteiger partial charge in [-0.15, -0.1) is 0 Å².